The molecule has 34 heavy (non-hydrogen) atoms. The van der Waals surface area contributed by atoms with E-state index in [9.17, 15) is 4.79 Å². The molecule has 0 aliphatic rings. The molecule has 0 aliphatic carbocycles. The van der Waals surface area contributed by atoms with Gasteiger partial charge in [0, 0.05) is 47.8 Å². The number of carbonyl (C=O) groups excluding carboxylic acids is 1. The SMILES string of the molecule is COCCCn1c(SCC(=O)c2cc(C)n(Cc3ccco3)c2C)nnc1-c1ccc(Cl)cc1. The molecular weight excluding hydrogens is 472 g/mol. The molecule has 0 saturated heterocycles. The van der Waals surface area contributed by atoms with Gasteiger partial charge in [-0.1, -0.05) is 23.4 Å². The van der Waals surface area contributed by atoms with Crippen LogP contribution in [0.4, 0.5) is 0 Å². The zero-order chi connectivity index (χ0) is 24.1. The van der Waals surface area contributed by atoms with Gasteiger partial charge in [-0.3, -0.25) is 4.79 Å². The molecule has 0 amide bonds. The lowest BCUT2D eigenvalue weighted by atomic mass is 10.2. The van der Waals surface area contributed by atoms with E-state index in [0.29, 0.717) is 29.9 Å². The van der Waals surface area contributed by atoms with Crippen molar-refractivity contribution >= 4 is 29.1 Å². The van der Waals surface area contributed by atoms with Crippen LogP contribution < -0.4 is 0 Å². The van der Waals surface area contributed by atoms with Gasteiger partial charge in [-0.2, -0.15) is 0 Å². The Kier molecular flexibility index (Phi) is 7.92. The minimum atomic E-state index is 0.0586. The Morgan fingerprint density at radius 3 is 2.65 bits per heavy atom. The van der Waals surface area contributed by atoms with Gasteiger partial charge < -0.3 is 18.3 Å². The number of aryl methyl sites for hydroxylation is 1. The van der Waals surface area contributed by atoms with Crippen molar-refractivity contribution in [2.24, 2.45) is 0 Å². The van der Waals surface area contributed by atoms with Crippen LogP contribution in [0.25, 0.3) is 11.4 Å². The topological polar surface area (TPSA) is 75.1 Å². The van der Waals surface area contributed by atoms with Crippen LogP contribution in [0.2, 0.25) is 5.02 Å². The number of hydrogen-bond acceptors (Lipinski definition) is 6. The van der Waals surface area contributed by atoms with Crippen molar-refractivity contribution in [3.8, 4) is 11.4 Å². The van der Waals surface area contributed by atoms with Gasteiger partial charge in [0.2, 0.25) is 0 Å². The number of ketones is 1. The van der Waals surface area contributed by atoms with E-state index in [1.165, 1.54) is 11.8 Å². The van der Waals surface area contributed by atoms with Crippen LogP contribution in [0.5, 0.6) is 0 Å². The lowest BCUT2D eigenvalue weighted by molar-refractivity contribution is 0.102. The van der Waals surface area contributed by atoms with Gasteiger partial charge in [-0.25, -0.2) is 0 Å². The molecule has 0 unspecified atom stereocenters. The number of thioether (sulfide) groups is 1. The third-order valence-electron chi connectivity index (χ3n) is 5.65. The summed E-state index contributed by atoms with van der Waals surface area (Å²) in [4.78, 5) is 13.1. The Hall–Kier alpha value is -2.81. The van der Waals surface area contributed by atoms with E-state index in [1.54, 1.807) is 13.4 Å². The lowest BCUT2D eigenvalue weighted by Crippen LogP contribution is -2.09. The average molecular weight is 499 g/mol. The Balaban J connectivity index is 1.51. The smallest absolute Gasteiger partial charge is 0.191 e. The molecule has 0 atom stereocenters. The first-order valence-electron chi connectivity index (χ1n) is 11.0. The molecule has 4 aromatic rings. The summed E-state index contributed by atoms with van der Waals surface area (Å²) in [7, 11) is 1.68. The fourth-order valence-electron chi connectivity index (χ4n) is 3.87. The van der Waals surface area contributed by atoms with Gasteiger partial charge in [0.25, 0.3) is 0 Å². The largest absolute Gasteiger partial charge is 0.467 e. The van der Waals surface area contributed by atoms with E-state index < -0.39 is 0 Å². The molecule has 0 fully saturated rings. The summed E-state index contributed by atoms with van der Waals surface area (Å²) in [5.74, 6) is 1.94. The number of halogens is 1. The maximum absolute atomic E-state index is 13.1. The predicted molar refractivity (Wildman–Crippen MR) is 134 cm³/mol. The van der Waals surface area contributed by atoms with Crippen LogP contribution in [-0.2, 0) is 17.8 Å². The van der Waals surface area contributed by atoms with Crippen molar-refractivity contribution < 1.29 is 13.9 Å². The van der Waals surface area contributed by atoms with E-state index in [1.807, 2.05) is 60.9 Å². The molecule has 9 heteroatoms. The van der Waals surface area contributed by atoms with Crippen molar-refractivity contribution in [1.82, 2.24) is 19.3 Å². The maximum atomic E-state index is 13.1. The quantitative estimate of drug-likeness (QED) is 0.151. The number of methoxy groups -OCH3 is 1. The van der Waals surface area contributed by atoms with Crippen molar-refractivity contribution in [2.75, 3.05) is 19.5 Å². The number of ether oxygens (including phenoxy) is 1. The Bertz CT molecular complexity index is 1250. The molecule has 3 aromatic heterocycles. The molecule has 0 bridgehead atoms. The van der Waals surface area contributed by atoms with Crippen LogP contribution in [0.3, 0.4) is 0 Å². The zero-order valence-corrected chi connectivity index (χ0v) is 21.0. The van der Waals surface area contributed by atoms with Gasteiger partial charge in [0.1, 0.15) is 5.76 Å². The minimum absolute atomic E-state index is 0.0586. The number of nitrogens with zero attached hydrogens (tertiary/aromatic N) is 4. The van der Waals surface area contributed by atoms with E-state index in [0.717, 1.165) is 40.5 Å². The van der Waals surface area contributed by atoms with Crippen LogP contribution in [0.15, 0.2) is 58.3 Å². The highest BCUT2D eigenvalue weighted by atomic mass is 35.5. The zero-order valence-electron chi connectivity index (χ0n) is 19.5. The number of benzene rings is 1. The summed E-state index contributed by atoms with van der Waals surface area (Å²) in [6.45, 7) is 5.89. The first-order valence-corrected chi connectivity index (χ1v) is 12.4. The number of Topliss-reactive ketones (excluding diaryl/α,β-unsaturated/α-hetero) is 1. The molecule has 178 valence electrons. The van der Waals surface area contributed by atoms with E-state index in [2.05, 4.69) is 14.8 Å². The molecule has 0 spiro atoms. The van der Waals surface area contributed by atoms with Crippen molar-refractivity contribution in [3.05, 3.63) is 76.5 Å². The second kappa shape index (κ2) is 11.1. The number of carbonyl (C=O) groups is 1. The monoisotopic (exact) mass is 498 g/mol. The van der Waals surface area contributed by atoms with Gasteiger partial charge in [0.15, 0.2) is 16.8 Å². The third kappa shape index (κ3) is 5.46. The van der Waals surface area contributed by atoms with Crippen LogP contribution in [0.1, 0.15) is 33.9 Å². The molecule has 0 saturated carbocycles. The fourth-order valence-corrected chi connectivity index (χ4v) is 4.84. The van der Waals surface area contributed by atoms with Gasteiger partial charge in [-0.05, 0) is 62.7 Å². The molecule has 4 rings (SSSR count). The molecule has 0 aliphatic heterocycles. The van der Waals surface area contributed by atoms with Crippen molar-refractivity contribution in [2.45, 2.75) is 38.5 Å². The van der Waals surface area contributed by atoms with E-state index >= 15 is 0 Å². The molecular formula is C25H27ClN4O3S. The average Bonchev–Trinajstić information content (AvgIpc) is 3.55. The molecule has 7 nitrogen and oxygen atoms in total. The first-order chi connectivity index (χ1) is 16.5. The highest BCUT2D eigenvalue weighted by Gasteiger charge is 2.20. The summed E-state index contributed by atoms with van der Waals surface area (Å²) >= 11 is 7.45. The van der Waals surface area contributed by atoms with Crippen LogP contribution in [0, 0.1) is 13.8 Å². The van der Waals surface area contributed by atoms with Gasteiger partial charge >= 0.3 is 0 Å². The first kappa shape index (κ1) is 24.3. The minimum Gasteiger partial charge on any atom is -0.467 e. The lowest BCUT2D eigenvalue weighted by Gasteiger charge is -2.10. The second-order valence-corrected chi connectivity index (χ2v) is 9.35. The Morgan fingerprint density at radius 1 is 1.15 bits per heavy atom. The van der Waals surface area contributed by atoms with E-state index in [4.69, 9.17) is 20.8 Å². The predicted octanol–water partition coefficient (Wildman–Crippen LogP) is 5.67. The summed E-state index contributed by atoms with van der Waals surface area (Å²) in [6.07, 6.45) is 2.47. The van der Waals surface area contributed by atoms with Gasteiger partial charge in [-0.15, -0.1) is 10.2 Å². The summed E-state index contributed by atoms with van der Waals surface area (Å²) in [5, 5.41) is 10.2. The second-order valence-electron chi connectivity index (χ2n) is 7.97. The fraction of sp³-hybridized carbons (Fsp3) is 0.320. The number of rotatable bonds is 11. The summed E-state index contributed by atoms with van der Waals surface area (Å²) in [6, 6.07) is 13.3. The molecule has 0 N–H and O–H groups in total. The van der Waals surface area contributed by atoms with E-state index in [-0.39, 0.29) is 11.5 Å². The summed E-state index contributed by atoms with van der Waals surface area (Å²) in [5.41, 5.74) is 3.60. The van der Waals surface area contributed by atoms with Crippen molar-refractivity contribution in [1.29, 1.82) is 0 Å². The van der Waals surface area contributed by atoms with Gasteiger partial charge in [0.05, 0.1) is 18.6 Å². The molecule has 3 heterocycles. The number of aromatic nitrogens is 4. The molecule has 1 aromatic carbocycles. The van der Waals surface area contributed by atoms with Crippen LogP contribution in [-0.4, -0.2) is 44.6 Å². The van der Waals surface area contributed by atoms with Crippen LogP contribution >= 0.6 is 23.4 Å². The normalized spacial score (nSPS) is 11.3. The Morgan fingerprint density at radius 2 is 1.94 bits per heavy atom. The summed E-state index contributed by atoms with van der Waals surface area (Å²) < 4.78 is 14.8. The highest BCUT2D eigenvalue weighted by molar-refractivity contribution is 7.99. The third-order valence-corrected chi connectivity index (χ3v) is 6.87. The standard InChI is InChI=1S/C25H27ClN4O3S/c1-17-14-22(18(2)30(17)15-21-6-4-13-33-21)23(31)16-34-25-28-27-24(29(25)11-5-12-32-3)19-7-9-20(26)10-8-19/h4,6-10,13-14H,5,11-12,15-16H2,1-3H3. The highest BCUT2D eigenvalue weighted by Crippen LogP contribution is 2.27. The molecule has 0 radical (unpaired) electrons. The Labute approximate surface area is 208 Å². The number of furan rings is 1. The maximum Gasteiger partial charge on any atom is 0.191 e. The van der Waals surface area contributed by atoms with Crippen molar-refractivity contribution in [3.63, 3.8) is 0 Å². The number of hydrogen-bond donors (Lipinski definition) is 0.